The minimum Gasteiger partial charge on any atom is -0.396 e. The average Bonchev–Trinajstić information content (AvgIpc) is 3.98. The molecular formula is C61H92N6O7S2. The van der Waals surface area contributed by atoms with E-state index in [2.05, 4.69) is 40.2 Å². The number of aliphatic imine (C=N–C) groups is 1. The molecule has 8 fully saturated rings. The fourth-order valence-corrected chi connectivity index (χ4v) is 24.3. The molecule has 0 radical (unpaired) electrons. The Bertz CT molecular complexity index is 2470. The molecule has 12 rings (SSSR count). The summed E-state index contributed by atoms with van der Waals surface area (Å²) in [6.07, 6.45) is 23.9. The van der Waals surface area contributed by atoms with Crippen molar-refractivity contribution in [3.63, 3.8) is 0 Å². The molecule has 10 aliphatic carbocycles. The number of hydrogen-bond donors (Lipinski definition) is 9. The lowest BCUT2D eigenvalue weighted by atomic mass is 9.37. The van der Waals surface area contributed by atoms with Crippen molar-refractivity contribution in [2.24, 2.45) is 97.5 Å². The number of allylic oxidation sites excluding steroid dienone is 3. The van der Waals surface area contributed by atoms with Gasteiger partial charge in [-0.1, -0.05) is 89.8 Å². The predicted octanol–water partition coefficient (Wildman–Crippen LogP) is 7.88. The average molecular weight is 1090 g/mol. The third kappa shape index (κ3) is 8.25. The minimum atomic E-state index is -1.63. The number of ketones is 1. The van der Waals surface area contributed by atoms with Gasteiger partial charge in [-0.2, -0.15) is 0 Å². The molecular weight excluding hydrogens is 993 g/mol. The van der Waals surface area contributed by atoms with Crippen molar-refractivity contribution >= 4 is 33.3 Å². The van der Waals surface area contributed by atoms with E-state index in [4.69, 9.17) is 10.7 Å². The van der Waals surface area contributed by atoms with Crippen LogP contribution in [-0.4, -0.2) is 120 Å². The number of guanidine groups is 1. The van der Waals surface area contributed by atoms with Crippen molar-refractivity contribution in [2.75, 3.05) is 38.2 Å². The zero-order chi connectivity index (χ0) is 53.1. The highest BCUT2D eigenvalue weighted by molar-refractivity contribution is 8.76. The van der Waals surface area contributed by atoms with E-state index in [0.29, 0.717) is 48.0 Å². The predicted molar refractivity (Wildman–Crippen MR) is 300 cm³/mol. The van der Waals surface area contributed by atoms with Gasteiger partial charge in [0.15, 0.2) is 11.7 Å². The first-order valence-corrected chi connectivity index (χ1v) is 32.7. The SMILES string of the molecule is CNC[C@H]1[C@@H](O)[C@@H](O)C[C@]2(C3CCCCC3)[C@@H]3C(=CC(=O)[C@H]12)[C@]1(O)[C@H]2CSSC[C@@H](n4ccnc4)CC(C)(C)C4=C5CCCC6(CCCC6)[C@@H]5C5=C6[C@@H](CCC5)C[C@H]([C@H](O)[C@H]64)[C@@H](C2)[C@@]1(CO)C[C@H]3CN=C(N)N[C@@H](C)O. The number of imidazole rings is 1. The highest BCUT2D eigenvalue weighted by atomic mass is 33.1. The van der Waals surface area contributed by atoms with E-state index in [1.807, 2.05) is 30.4 Å². The topological polar surface area (TPSA) is 219 Å². The van der Waals surface area contributed by atoms with Crippen LogP contribution in [0.4, 0.5) is 0 Å². The van der Waals surface area contributed by atoms with E-state index >= 15 is 4.79 Å². The molecule has 13 nitrogen and oxygen atoms in total. The number of nitrogens with zero attached hydrogens (tertiary/aromatic N) is 3. The molecule has 1 aromatic rings. The molecule has 2 heterocycles. The maximum atomic E-state index is 15.8. The maximum absolute atomic E-state index is 15.8. The second-order valence-corrected chi connectivity index (χ2v) is 30.1. The number of aromatic nitrogens is 2. The van der Waals surface area contributed by atoms with Crippen LogP contribution in [0.1, 0.15) is 155 Å². The van der Waals surface area contributed by atoms with E-state index < -0.39 is 58.7 Å². The van der Waals surface area contributed by atoms with E-state index in [1.54, 1.807) is 40.5 Å². The van der Waals surface area contributed by atoms with E-state index in [0.717, 1.165) is 76.4 Å². The van der Waals surface area contributed by atoms with E-state index in [-0.39, 0.29) is 78.3 Å². The van der Waals surface area contributed by atoms with Crippen LogP contribution in [-0.2, 0) is 4.79 Å². The Morgan fingerprint density at radius 1 is 0.921 bits per heavy atom. The van der Waals surface area contributed by atoms with Crippen LogP contribution < -0.4 is 16.4 Å². The lowest BCUT2D eigenvalue weighted by Crippen LogP contribution is -2.71. The van der Waals surface area contributed by atoms with Gasteiger partial charge in [-0.3, -0.25) is 9.79 Å². The van der Waals surface area contributed by atoms with Crippen LogP contribution in [0.3, 0.4) is 0 Å². The fourth-order valence-electron chi connectivity index (χ4n) is 21.5. The molecule has 0 amide bonds. The number of nitrogens with one attached hydrogen (secondary N) is 2. The fraction of sp³-hybridized carbons (Fsp3) is 0.820. The molecule has 76 heavy (non-hydrogen) atoms. The molecule has 11 aliphatic rings. The number of nitrogens with two attached hydrogens (primary N) is 1. The molecule has 1 spiro atoms. The Morgan fingerprint density at radius 2 is 1.67 bits per heavy atom. The Kier molecular flexibility index (Phi) is 14.8. The summed E-state index contributed by atoms with van der Waals surface area (Å²) in [7, 11) is 5.51. The van der Waals surface area contributed by atoms with E-state index in [1.165, 1.54) is 44.1 Å². The number of carbonyl (C=O) groups is 1. The number of carbonyl (C=O) groups excluding carboxylic acids is 1. The Balaban J connectivity index is 1.07. The molecule has 1 saturated heterocycles. The Labute approximate surface area is 460 Å². The van der Waals surface area contributed by atoms with Gasteiger partial charge in [-0.05, 0) is 174 Å². The van der Waals surface area contributed by atoms with Gasteiger partial charge in [0.2, 0.25) is 0 Å². The van der Waals surface area contributed by atoms with Gasteiger partial charge in [-0.25, -0.2) is 4.98 Å². The van der Waals surface area contributed by atoms with Crippen LogP contribution >= 0.6 is 21.6 Å². The van der Waals surface area contributed by atoms with Crippen LogP contribution in [0.15, 0.2) is 57.7 Å². The van der Waals surface area contributed by atoms with Gasteiger partial charge in [0, 0.05) is 78.0 Å². The third-order valence-corrected chi connectivity index (χ3v) is 26.3. The monoisotopic (exact) mass is 1080 g/mol. The second-order valence-electron chi connectivity index (χ2n) is 27.6. The molecule has 0 unspecified atom stereocenters. The van der Waals surface area contributed by atoms with E-state index in [9.17, 15) is 30.6 Å². The molecule has 7 saturated carbocycles. The van der Waals surface area contributed by atoms with Crippen molar-refractivity contribution in [1.29, 1.82) is 0 Å². The largest absolute Gasteiger partial charge is 0.396 e. The number of rotatable bonds is 8. The van der Waals surface area contributed by atoms with Crippen LogP contribution in [0, 0.1) is 86.8 Å². The lowest BCUT2D eigenvalue weighted by Gasteiger charge is -2.67. The van der Waals surface area contributed by atoms with Gasteiger partial charge in [-0.15, -0.1) is 0 Å². The van der Waals surface area contributed by atoms with Gasteiger partial charge in [0.1, 0.15) is 6.23 Å². The third-order valence-electron chi connectivity index (χ3n) is 23.7. The Morgan fingerprint density at radius 3 is 2.39 bits per heavy atom. The van der Waals surface area contributed by atoms with Gasteiger partial charge in [0.25, 0.3) is 0 Å². The molecule has 18 atom stereocenters. The summed E-state index contributed by atoms with van der Waals surface area (Å²) in [6.45, 7) is 6.85. The van der Waals surface area contributed by atoms with Crippen molar-refractivity contribution in [1.82, 2.24) is 20.2 Å². The van der Waals surface area contributed by atoms with Crippen molar-refractivity contribution in [2.45, 2.75) is 185 Å². The normalized spacial score (nSPS) is 44.6. The number of aliphatic hydroxyl groups is 6. The maximum Gasteiger partial charge on any atom is 0.190 e. The molecule has 1 aliphatic heterocycles. The van der Waals surface area contributed by atoms with Crippen molar-refractivity contribution < 1.29 is 35.4 Å². The van der Waals surface area contributed by atoms with Gasteiger partial charge < -0.3 is 51.6 Å². The number of fused-ring (bicyclic) bond motifs is 14. The van der Waals surface area contributed by atoms with Crippen LogP contribution in [0.25, 0.3) is 0 Å². The van der Waals surface area contributed by atoms with Gasteiger partial charge >= 0.3 is 0 Å². The standard InChI is InChI=1S/C61H92N6O7S2/c1-34(69)66-56(62)65-28-36-25-59(32-68)44-23-38(61(59,74)45-24-46(70)52-43(29-63-4)54(72)47(71)27-60(52,50(36)45)37-13-6-5-7-14-37)30-75-76-31-39(67-21-20-64-33-67)26-57(2,3)53-41-16-11-19-58(17-8-9-18-58)51(41)40-15-10-12-35-22-42(44)55(73)49(53)48(35)40/h20-21,24,33-39,42-44,47,49-52,54-55,63,68-69,71-74H,5-19,22-23,25-32H2,1-4H3,(H3,62,65,66)/t34-,35+,36+,38-,39+,42+,43-,44-,47+,49-,50+,51-,52+,54-,55+,59+,60+,61-/m1/s1. The summed E-state index contributed by atoms with van der Waals surface area (Å²) in [4.78, 5) is 25.5. The number of hydrogen-bond acceptors (Lipinski definition) is 12. The first kappa shape index (κ1) is 54.4. The minimum absolute atomic E-state index is 0.0383. The smallest absolute Gasteiger partial charge is 0.190 e. The molecule has 420 valence electrons. The first-order valence-electron chi connectivity index (χ1n) is 30.3. The summed E-state index contributed by atoms with van der Waals surface area (Å²) in [5.74, 6) is -0.697. The second kappa shape index (κ2) is 20.6. The molecule has 0 aromatic carbocycles. The van der Waals surface area contributed by atoms with Crippen molar-refractivity contribution in [3.05, 3.63) is 52.7 Å². The summed E-state index contributed by atoms with van der Waals surface area (Å²) in [5.41, 5.74) is 10.1. The van der Waals surface area contributed by atoms with Crippen LogP contribution in [0.2, 0.25) is 0 Å². The Hall–Kier alpha value is -2.21. The number of aliphatic hydroxyl groups excluding tert-OH is 5. The zero-order valence-electron chi connectivity index (χ0n) is 46.1. The zero-order valence-corrected chi connectivity index (χ0v) is 47.7. The van der Waals surface area contributed by atoms with Gasteiger partial charge in [0.05, 0.1) is 36.8 Å². The molecule has 4 bridgehead atoms. The summed E-state index contributed by atoms with van der Waals surface area (Å²) < 4.78 is 2.31. The van der Waals surface area contributed by atoms with Crippen molar-refractivity contribution in [3.8, 4) is 0 Å². The summed E-state index contributed by atoms with van der Waals surface area (Å²) >= 11 is 0. The molecule has 1 aromatic heterocycles. The highest BCUT2D eigenvalue weighted by Crippen LogP contribution is 2.76. The lowest BCUT2D eigenvalue weighted by molar-refractivity contribution is -0.212. The summed E-state index contributed by atoms with van der Waals surface area (Å²) in [5, 5.41) is 82.9. The molecule has 15 heteroatoms. The molecule has 10 N–H and O–H groups in total. The first-order chi connectivity index (χ1) is 36.5. The summed E-state index contributed by atoms with van der Waals surface area (Å²) in [6, 6.07) is 0.138. The quantitative estimate of drug-likeness (QED) is 0.0399. The van der Waals surface area contributed by atoms with Crippen LogP contribution in [0.5, 0.6) is 0 Å². The highest BCUT2D eigenvalue weighted by Gasteiger charge is 2.76.